The molecule has 0 saturated heterocycles. The van der Waals surface area contributed by atoms with E-state index in [-0.39, 0.29) is 0 Å². The minimum atomic E-state index is -0.586. The maximum Gasteiger partial charge on any atom is 0.235 e. The topological polar surface area (TPSA) is 34.0 Å². The molecule has 8 aromatic carbocycles. The quantitative estimate of drug-likeness (QED) is 0.179. The van der Waals surface area contributed by atoms with Gasteiger partial charge in [-0.2, -0.15) is 0 Å². The van der Waals surface area contributed by atoms with Crippen molar-refractivity contribution in [2.24, 2.45) is 0 Å². The second kappa shape index (κ2) is 12.9. The molecule has 0 amide bonds. The van der Waals surface area contributed by atoms with E-state index in [9.17, 15) is 0 Å². The predicted octanol–water partition coefficient (Wildman–Crippen LogP) is 13.5. The van der Waals surface area contributed by atoms with E-state index in [2.05, 4.69) is 204 Å². The summed E-state index contributed by atoms with van der Waals surface area (Å²) in [5.74, 6) is 0.647. The zero-order valence-electron chi connectivity index (χ0n) is 31.3. The number of nitrogens with zero attached hydrogens (tertiary/aromatic N) is 4. The van der Waals surface area contributed by atoms with Gasteiger partial charge in [0, 0.05) is 37.4 Å². The van der Waals surface area contributed by atoms with Gasteiger partial charge < -0.3 is 4.90 Å². The van der Waals surface area contributed by atoms with Gasteiger partial charge in [0.05, 0.1) is 39.2 Å². The number of fused-ring (bicyclic) bond motifs is 11. The van der Waals surface area contributed by atoms with Crippen molar-refractivity contribution >= 4 is 50.6 Å². The molecule has 12 rings (SSSR count). The molecule has 4 nitrogen and oxygen atoms in total. The lowest BCUT2D eigenvalue weighted by atomic mass is 9.62. The van der Waals surface area contributed by atoms with Gasteiger partial charge in [0.1, 0.15) is 0 Å². The van der Waals surface area contributed by atoms with Gasteiger partial charge in [-0.1, -0.05) is 163 Å². The van der Waals surface area contributed by atoms with Crippen LogP contribution in [0.1, 0.15) is 22.3 Å². The van der Waals surface area contributed by atoms with Gasteiger partial charge in [-0.25, -0.2) is 9.97 Å². The number of hydrogen-bond acceptors (Lipinski definition) is 4. The summed E-state index contributed by atoms with van der Waals surface area (Å²) in [6.07, 6.45) is 0. The summed E-state index contributed by atoms with van der Waals surface area (Å²) in [7, 11) is 0. The molecule has 0 atom stereocenters. The summed E-state index contributed by atoms with van der Waals surface area (Å²) < 4.78 is 2.28. The minimum absolute atomic E-state index is 0.586. The summed E-state index contributed by atoms with van der Waals surface area (Å²) in [6, 6.07) is 74.3. The molecule has 2 aliphatic heterocycles. The third-order valence-electron chi connectivity index (χ3n) is 11.9. The summed E-state index contributed by atoms with van der Waals surface area (Å²) in [5, 5.41) is 2.33. The number of hydrogen-bond donors (Lipinski definition) is 0. The zero-order chi connectivity index (χ0) is 38.2. The van der Waals surface area contributed by atoms with Crippen molar-refractivity contribution in [2.75, 3.05) is 4.90 Å². The minimum Gasteiger partial charge on any atom is -0.310 e. The second-order valence-electron chi connectivity index (χ2n) is 14.9. The van der Waals surface area contributed by atoms with Crippen molar-refractivity contribution in [3.8, 4) is 28.5 Å². The highest BCUT2D eigenvalue weighted by molar-refractivity contribution is 7.99. The maximum absolute atomic E-state index is 5.34. The van der Waals surface area contributed by atoms with Crippen LogP contribution in [-0.4, -0.2) is 14.5 Å². The van der Waals surface area contributed by atoms with E-state index in [1.165, 1.54) is 48.8 Å². The van der Waals surface area contributed by atoms with Gasteiger partial charge in [0.15, 0.2) is 0 Å². The average molecular weight is 759 g/mol. The molecule has 58 heavy (non-hydrogen) atoms. The van der Waals surface area contributed by atoms with Crippen LogP contribution < -0.4 is 4.90 Å². The molecule has 0 bridgehead atoms. The van der Waals surface area contributed by atoms with Gasteiger partial charge >= 0.3 is 0 Å². The first-order valence-corrected chi connectivity index (χ1v) is 20.5. The largest absolute Gasteiger partial charge is 0.310 e. The fraction of sp³-hybridized carbons (Fsp3) is 0.0189. The molecule has 272 valence electrons. The normalized spacial score (nSPS) is 13.6. The molecule has 0 N–H and O–H groups in total. The molecular weight excluding hydrogens is 725 g/mol. The first-order valence-electron chi connectivity index (χ1n) is 19.7. The van der Waals surface area contributed by atoms with Crippen LogP contribution in [0.2, 0.25) is 0 Å². The third kappa shape index (κ3) is 4.77. The van der Waals surface area contributed by atoms with Crippen LogP contribution in [0, 0.1) is 0 Å². The Morgan fingerprint density at radius 3 is 1.59 bits per heavy atom. The van der Waals surface area contributed by atoms with Gasteiger partial charge in [0.25, 0.3) is 0 Å². The predicted molar refractivity (Wildman–Crippen MR) is 238 cm³/mol. The van der Waals surface area contributed by atoms with Crippen LogP contribution in [-0.2, 0) is 5.41 Å². The summed E-state index contributed by atoms with van der Waals surface area (Å²) in [4.78, 5) is 15.6. The van der Waals surface area contributed by atoms with Gasteiger partial charge in [-0.15, -0.1) is 0 Å². The van der Waals surface area contributed by atoms with Crippen molar-refractivity contribution in [3.05, 3.63) is 229 Å². The molecule has 4 heterocycles. The van der Waals surface area contributed by atoms with Crippen molar-refractivity contribution in [2.45, 2.75) is 15.2 Å². The second-order valence-corrected chi connectivity index (χ2v) is 16.0. The van der Waals surface area contributed by atoms with E-state index in [0.717, 1.165) is 44.6 Å². The molecule has 0 radical (unpaired) electrons. The molecule has 5 heteroatoms. The van der Waals surface area contributed by atoms with E-state index < -0.39 is 5.41 Å². The van der Waals surface area contributed by atoms with E-state index >= 15 is 0 Å². The first-order chi connectivity index (χ1) is 28.8. The highest BCUT2D eigenvalue weighted by Gasteiger charge is 2.50. The fourth-order valence-corrected chi connectivity index (χ4v) is 10.7. The van der Waals surface area contributed by atoms with E-state index in [4.69, 9.17) is 9.97 Å². The Hall–Kier alpha value is -7.21. The van der Waals surface area contributed by atoms with E-state index in [0.29, 0.717) is 5.95 Å². The molecule has 1 spiro atoms. The molecule has 0 fully saturated rings. The lowest BCUT2D eigenvalue weighted by Gasteiger charge is -2.49. The van der Waals surface area contributed by atoms with Gasteiger partial charge in [0.2, 0.25) is 5.95 Å². The van der Waals surface area contributed by atoms with Crippen LogP contribution in [0.4, 0.5) is 17.1 Å². The van der Waals surface area contributed by atoms with Crippen molar-refractivity contribution in [1.29, 1.82) is 0 Å². The summed E-state index contributed by atoms with van der Waals surface area (Å²) >= 11 is 1.86. The van der Waals surface area contributed by atoms with Gasteiger partial charge in [-0.3, -0.25) is 4.57 Å². The Morgan fingerprint density at radius 1 is 0.397 bits per heavy atom. The fourth-order valence-electron chi connectivity index (χ4n) is 9.45. The average Bonchev–Trinajstić information content (AvgIpc) is 3.62. The van der Waals surface area contributed by atoms with Crippen LogP contribution in [0.15, 0.2) is 216 Å². The standard InChI is InChI=1S/C53H34N4S/c1-4-18-35(19-5-1)44-33-45(36-20-6-2-7-21-36)55-52(54-44)57-46-28-14-10-24-38(46)39-32-43-51(34-49(39)57)58-50-31-17-13-27-42(50)53(43)40-25-11-15-29-47(40)56(37-22-8-3-9-23-37)48-30-16-12-26-41(48)53/h1-34H. The first kappa shape index (κ1) is 33.0. The molecule has 0 unspecified atom stereocenters. The number of anilines is 3. The summed E-state index contributed by atoms with van der Waals surface area (Å²) in [5.41, 5.74) is 14.0. The lowest BCUT2D eigenvalue weighted by molar-refractivity contribution is 0.693. The molecule has 2 aliphatic rings. The molecule has 0 aliphatic carbocycles. The molecule has 2 aromatic heterocycles. The van der Waals surface area contributed by atoms with Crippen LogP contribution >= 0.6 is 11.8 Å². The molecule has 0 saturated carbocycles. The Kier molecular flexibility index (Phi) is 7.34. The number of para-hydroxylation sites is 4. The Morgan fingerprint density at radius 2 is 0.931 bits per heavy atom. The Bertz CT molecular complexity index is 3110. The monoisotopic (exact) mass is 758 g/mol. The lowest BCUT2D eigenvalue weighted by Crippen LogP contribution is -2.39. The van der Waals surface area contributed by atoms with Crippen molar-refractivity contribution in [1.82, 2.24) is 14.5 Å². The van der Waals surface area contributed by atoms with Gasteiger partial charge in [-0.05, 0) is 76.9 Å². The van der Waals surface area contributed by atoms with Crippen molar-refractivity contribution < 1.29 is 0 Å². The summed E-state index contributed by atoms with van der Waals surface area (Å²) in [6.45, 7) is 0. The Balaban J connectivity index is 1.18. The third-order valence-corrected chi connectivity index (χ3v) is 13.0. The number of rotatable bonds is 4. The number of benzene rings is 8. The van der Waals surface area contributed by atoms with Crippen LogP contribution in [0.5, 0.6) is 0 Å². The molecular formula is C53H34N4S. The van der Waals surface area contributed by atoms with Crippen molar-refractivity contribution in [3.63, 3.8) is 0 Å². The molecule has 10 aromatic rings. The zero-order valence-corrected chi connectivity index (χ0v) is 32.1. The smallest absolute Gasteiger partial charge is 0.235 e. The number of aromatic nitrogens is 3. The Labute approximate surface area is 340 Å². The van der Waals surface area contributed by atoms with Crippen LogP contribution in [0.3, 0.4) is 0 Å². The highest BCUT2D eigenvalue weighted by atomic mass is 32.2. The SMILES string of the molecule is c1ccc(-c2cc(-c3ccccc3)nc(-n3c4ccccc4c4cc5c(cc43)Sc3ccccc3C53c4ccccc4N(c4ccccc4)c4ccccc43)n2)cc1. The van der Waals surface area contributed by atoms with Crippen LogP contribution in [0.25, 0.3) is 50.3 Å². The highest BCUT2D eigenvalue weighted by Crippen LogP contribution is 2.63. The van der Waals surface area contributed by atoms with E-state index in [1.54, 1.807) is 0 Å². The maximum atomic E-state index is 5.34. The van der Waals surface area contributed by atoms with E-state index in [1.807, 2.05) is 23.9 Å².